The number of hydrogen-bond donors (Lipinski definition) is 0. The summed E-state index contributed by atoms with van der Waals surface area (Å²) in [5, 5.41) is 9.43. The molecule has 0 aliphatic rings. The molecule has 22 heavy (non-hydrogen) atoms. The molecule has 0 unspecified atom stereocenters. The van der Waals surface area contributed by atoms with Crippen molar-refractivity contribution < 1.29 is 9.53 Å². The van der Waals surface area contributed by atoms with Crippen LogP contribution in [0, 0.1) is 0 Å². The summed E-state index contributed by atoms with van der Waals surface area (Å²) in [4.78, 5) is 12.2. The Balaban J connectivity index is 1.93. The minimum atomic E-state index is -0.0324. The molecule has 1 heterocycles. The first-order chi connectivity index (χ1) is 10.6. The smallest absolute Gasteiger partial charge is 0.191 e. The Morgan fingerprint density at radius 2 is 2.18 bits per heavy atom. The molecule has 118 valence electrons. The highest BCUT2D eigenvalue weighted by Crippen LogP contribution is 2.24. The normalized spacial score (nSPS) is 10.9. The molecule has 0 aliphatic heterocycles. The monoisotopic (exact) mass is 359 g/mol. The van der Waals surface area contributed by atoms with Crippen molar-refractivity contribution >= 4 is 40.7 Å². The van der Waals surface area contributed by atoms with Crippen molar-refractivity contribution in [3.63, 3.8) is 0 Å². The topological polar surface area (TPSA) is 57.0 Å². The van der Waals surface area contributed by atoms with Crippen LogP contribution in [-0.2, 0) is 11.3 Å². The van der Waals surface area contributed by atoms with Crippen LogP contribution in [0.5, 0.6) is 0 Å². The van der Waals surface area contributed by atoms with Gasteiger partial charge >= 0.3 is 0 Å². The number of nitrogens with zero attached hydrogens (tertiary/aromatic N) is 3. The third-order valence-electron chi connectivity index (χ3n) is 2.90. The summed E-state index contributed by atoms with van der Waals surface area (Å²) < 4.78 is 6.93. The summed E-state index contributed by atoms with van der Waals surface area (Å²) in [6.07, 6.45) is 2.52. The van der Waals surface area contributed by atoms with E-state index < -0.39 is 0 Å². The molecular weight excluding hydrogens is 345 g/mol. The lowest BCUT2D eigenvalue weighted by molar-refractivity contribution is 0.102. The van der Waals surface area contributed by atoms with Crippen molar-refractivity contribution in [2.45, 2.75) is 18.1 Å². The predicted octanol–water partition coefficient (Wildman–Crippen LogP) is 3.60. The van der Waals surface area contributed by atoms with Crippen molar-refractivity contribution in [2.75, 3.05) is 19.5 Å². The Bertz CT molecular complexity index is 649. The lowest BCUT2D eigenvalue weighted by Crippen LogP contribution is -2.06. The number of ketones is 1. The molecule has 0 atom stereocenters. The van der Waals surface area contributed by atoms with Crippen LogP contribution in [0.4, 0.5) is 0 Å². The molecule has 0 saturated carbocycles. The maximum absolute atomic E-state index is 12.2. The predicted molar refractivity (Wildman–Crippen MR) is 88.0 cm³/mol. The number of thioether (sulfide) groups is 1. The second kappa shape index (κ2) is 8.53. The fraction of sp³-hybridized carbons (Fsp3) is 0.357. The summed E-state index contributed by atoms with van der Waals surface area (Å²) in [5.74, 6) is 0.232. The lowest BCUT2D eigenvalue weighted by Gasteiger charge is -2.06. The van der Waals surface area contributed by atoms with Gasteiger partial charge in [0.05, 0.1) is 15.8 Å². The second-order valence-corrected chi connectivity index (χ2v) is 6.25. The minimum absolute atomic E-state index is 0.0324. The first kappa shape index (κ1) is 17.3. The number of carbonyl (C=O) groups excluding carboxylic acids is 1. The maximum atomic E-state index is 12.2. The Morgan fingerprint density at radius 3 is 2.91 bits per heavy atom. The SMILES string of the molecule is COCCCn1cnnc1SCC(=O)c1ccc(Cl)c(Cl)c1. The number of carbonyl (C=O) groups is 1. The number of benzene rings is 1. The van der Waals surface area contributed by atoms with Crippen LogP contribution in [0.15, 0.2) is 29.7 Å². The zero-order valence-electron chi connectivity index (χ0n) is 12.0. The number of aromatic nitrogens is 3. The number of hydrogen-bond acceptors (Lipinski definition) is 5. The van der Waals surface area contributed by atoms with E-state index in [1.54, 1.807) is 31.6 Å². The summed E-state index contributed by atoms with van der Waals surface area (Å²) in [5.41, 5.74) is 0.535. The van der Waals surface area contributed by atoms with Crippen molar-refractivity contribution in [3.8, 4) is 0 Å². The van der Waals surface area contributed by atoms with Gasteiger partial charge in [0.15, 0.2) is 10.9 Å². The molecule has 0 bridgehead atoms. The van der Waals surface area contributed by atoms with Gasteiger partial charge in [0.2, 0.25) is 0 Å². The third kappa shape index (κ3) is 4.71. The van der Waals surface area contributed by atoms with Crippen molar-refractivity contribution in [2.24, 2.45) is 0 Å². The van der Waals surface area contributed by atoms with E-state index in [1.807, 2.05) is 4.57 Å². The summed E-state index contributed by atoms with van der Waals surface area (Å²) >= 11 is 13.1. The molecule has 0 fully saturated rings. The number of ether oxygens (including phenoxy) is 1. The van der Waals surface area contributed by atoms with E-state index in [-0.39, 0.29) is 11.5 Å². The van der Waals surface area contributed by atoms with E-state index in [0.717, 1.165) is 13.0 Å². The summed E-state index contributed by atoms with van der Waals surface area (Å²) in [7, 11) is 1.66. The Hall–Kier alpha value is -1.08. The highest BCUT2D eigenvalue weighted by molar-refractivity contribution is 7.99. The molecule has 0 saturated heterocycles. The Morgan fingerprint density at radius 1 is 1.36 bits per heavy atom. The van der Waals surface area contributed by atoms with Gasteiger partial charge in [0.1, 0.15) is 6.33 Å². The molecule has 0 amide bonds. The van der Waals surface area contributed by atoms with Gasteiger partial charge in [-0.2, -0.15) is 0 Å². The fourth-order valence-corrected chi connectivity index (χ4v) is 2.91. The van der Waals surface area contributed by atoms with E-state index in [0.29, 0.717) is 27.4 Å². The maximum Gasteiger partial charge on any atom is 0.191 e. The number of halogens is 2. The van der Waals surface area contributed by atoms with Crippen LogP contribution in [0.25, 0.3) is 0 Å². The number of rotatable bonds is 8. The highest BCUT2D eigenvalue weighted by Gasteiger charge is 2.12. The lowest BCUT2D eigenvalue weighted by atomic mass is 10.1. The molecule has 0 radical (unpaired) electrons. The number of Topliss-reactive ketones (excluding diaryl/α,β-unsaturated/α-hetero) is 1. The van der Waals surface area contributed by atoms with Crippen LogP contribution < -0.4 is 0 Å². The van der Waals surface area contributed by atoms with E-state index in [4.69, 9.17) is 27.9 Å². The first-order valence-electron chi connectivity index (χ1n) is 6.59. The standard InChI is InChI=1S/C14H15Cl2N3O2S/c1-21-6-2-5-19-9-17-18-14(19)22-8-13(20)10-3-4-11(15)12(16)7-10/h3-4,7,9H,2,5-6,8H2,1H3. The van der Waals surface area contributed by atoms with Gasteiger partial charge in [-0.05, 0) is 24.6 Å². The van der Waals surface area contributed by atoms with Crippen molar-refractivity contribution in [1.82, 2.24) is 14.8 Å². The van der Waals surface area contributed by atoms with E-state index in [9.17, 15) is 4.79 Å². The zero-order chi connectivity index (χ0) is 15.9. The summed E-state index contributed by atoms with van der Waals surface area (Å²) in [6, 6.07) is 4.87. The molecule has 1 aromatic heterocycles. The fourth-order valence-electron chi connectivity index (χ4n) is 1.77. The van der Waals surface area contributed by atoms with Crippen LogP contribution in [-0.4, -0.2) is 40.0 Å². The largest absolute Gasteiger partial charge is 0.385 e. The van der Waals surface area contributed by atoms with Gasteiger partial charge in [-0.1, -0.05) is 35.0 Å². The summed E-state index contributed by atoms with van der Waals surface area (Å²) in [6.45, 7) is 1.43. The van der Waals surface area contributed by atoms with Crippen LogP contribution in [0.1, 0.15) is 16.8 Å². The molecule has 5 nitrogen and oxygen atoms in total. The molecule has 0 spiro atoms. The zero-order valence-corrected chi connectivity index (χ0v) is 14.3. The molecule has 0 N–H and O–H groups in total. The van der Waals surface area contributed by atoms with Crippen LogP contribution in [0.2, 0.25) is 10.0 Å². The molecular formula is C14H15Cl2N3O2S. The van der Waals surface area contributed by atoms with Crippen LogP contribution >= 0.6 is 35.0 Å². The van der Waals surface area contributed by atoms with Gasteiger partial charge < -0.3 is 9.30 Å². The Labute approximate surface area is 143 Å². The molecule has 8 heteroatoms. The minimum Gasteiger partial charge on any atom is -0.385 e. The van der Waals surface area contributed by atoms with Gasteiger partial charge in [0, 0.05) is 25.8 Å². The Kier molecular flexibility index (Phi) is 6.70. The molecule has 2 rings (SSSR count). The second-order valence-electron chi connectivity index (χ2n) is 4.49. The highest BCUT2D eigenvalue weighted by atomic mass is 35.5. The first-order valence-corrected chi connectivity index (χ1v) is 8.33. The number of aryl methyl sites for hydroxylation is 1. The average molecular weight is 360 g/mol. The molecule has 2 aromatic rings. The van der Waals surface area contributed by atoms with E-state index in [1.165, 1.54) is 11.8 Å². The van der Waals surface area contributed by atoms with Crippen LogP contribution in [0.3, 0.4) is 0 Å². The van der Waals surface area contributed by atoms with Gasteiger partial charge in [0.25, 0.3) is 0 Å². The van der Waals surface area contributed by atoms with Crippen molar-refractivity contribution in [1.29, 1.82) is 0 Å². The van der Waals surface area contributed by atoms with E-state index in [2.05, 4.69) is 10.2 Å². The van der Waals surface area contributed by atoms with Crippen molar-refractivity contribution in [3.05, 3.63) is 40.1 Å². The van der Waals surface area contributed by atoms with E-state index >= 15 is 0 Å². The van der Waals surface area contributed by atoms with Gasteiger partial charge in [-0.25, -0.2) is 0 Å². The average Bonchev–Trinajstić information content (AvgIpc) is 2.95. The third-order valence-corrected chi connectivity index (χ3v) is 4.62. The quantitative estimate of drug-likeness (QED) is 0.409. The molecule has 0 aliphatic carbocycles. The van der Waals surface area contributed by atoms with Gasteiger partial charge in [-0.15, -0.1) is 10.2 Å². The van der Waals surface area contributed by atoms with Gasteiger partial charge in [-0.3, -0.25) is 4.79 Å². The number of methoxy groups -OCH3 is 1. The molecule has 1 aromatic carbocycles.